The maximum Gasteiger partial charge on any atom is 0.408 e. The second-order valence-electron chi connectivity index (χ2n) is 27.1. The zero-order chi connectivity index (χ0) is 65.2. The molecule has 3 N–H and O–H groups in total. The summed E-state index contributed by atoms with van der Waals surface area (Å²) in [6, 6.07) is 91.3. The second-order valence-corrected chi connectivity index (χ2v) is 27.1. The summed E-state index contributed by atoms with van der Waals surface area (Å²) in [6.07, 6.45) is -0.680. The van der Waals surface area contributed by atoms with Gasteiger partial charge in [-0.1, -0.05) is 267 Å². The molecule has 3 amide bonds. The van der Waals surface area contributed by atoms with Gasteiger partial charge in [-0.05, 0) is 154 Å². The summed E-state index contributed by atoms with van der Waals surface area (Å²) in [7, 11) is 1.38. The van der Waals surface area contributed by atoms with Gasteiger partial charge in [0.1, 0.15) is 23.2 Å². The third-order valence-electron chi connectivity index (χ3n) is 21.6. The van der Waals surface area contributed by atoms with Crippen LogP contribution in [0.1, 0.15) is 50.4 Å². The van der Waals surface area contributed by atoms with E-state index in [-0.39, 0.29) is 51.0 Å². The number of rotatable bonds is 8. The fourth-order valence-corrected chi connectivity index (χ4v) is 17.3. The van der Waals surface area contributed by atoms with Gasteiger partial charge in [-0.3, -0.25) is 9.59 Å². The lowest BCUT2D eigenvalue weighted by molar-refractivity contribution is -0.152. The van der Waals surface area contributed by atoms with Crippen molar-refractivity contribution in [2.75, 3.05) is 13.7 Å². The maximum atomic E-state index is 17.6. The van der Waals surface area contributed by atoms with Gasteiger partial charge in [-0.25, -0.2) is 9.59 Å². The van der Waals surface area contributed by atoms with E-state index in [4.69, 9.17) is 9.47 Å². The van der Waals surface area contributed by atoms with Crippen LogP contribution in [-0.4, -0.2) is 54.2 Å². The predicted octanol–water partition coefficient (Wildman–Crippen LogP) is 17.5. The van der Waals surface area contributed by atoms with Crippen LogP contribution in [0.4, 0.5) is 4.79 Å². The molecular weight excluding hydrogens is 1190 g/mol. The van der Waals surface area contributed by atoms with Gasteiger partial charge in [-0.15, -0.1) is 0 Å². The monoisotopic (exact) mass is 1260 g/mol. The van der Waals surface area contributed by atoms with Crippen LogP contribution < -0.4 is 16.0 Å². The van der Waals surface area contributed by atoms with Crippen LogP contribution in [-0.2, 0) is 62.4 Å². The molecule has 0 bridgehead atoms. The number of amides is 3. The molecule has 4 aliphatic rings. The van der Waals surface area contributed by atoms with Crippen molar-refractivity contribution in [3.63, 3.8) is 0 Å². The summed E-state index contributed by atoms with van der Waals surface area (Å²) >= 11 is 0. The first-order valence-corrected chi connectivity index (χ1v) is 33.5. The molecule has 9 nitrogen and oxygen atoms in total. The number of ether oxygens (including phenoxy) is 2. The first kappa shape index (κ1) is 57.9. The highest BCUT2D eigenvalue weighted by molar-refractivity contribution is 6.13. The maximum absolute atomic E-state index is 17.6. The number of alkyl carbamates (subject to hydrolysis) is 1. The SMILES string of the molecule is COC(=O)C1(NC(=O)C2(NC(=O)C3(NC(=O)OCC4c5ccccc5-c5ccccc54)Cc4ccc5ccccc5c4-c4c(ccc5ccccc45)C3)Cc3ccc4ccccc4c3-c3c(ccc4ccccc34)C2)Cc2ccc3ccccc3c2-c2c(ccc3ccccc23)C1. The third kappa shape index (κ3) is 9.27. The molecule has 0 saturated heterocycles. The van der Waals surface area contributed by atoms with E-state index in [1.54, 1.807) is 0 Å². The summed E-state index contributed by atoms with van der Waals surface area (Å²) in [4.78, 5) is 66.5. The molecule has 0 fully saturated rings. The van der Waals surface area contributed by atoms with E-state index in [0.717, 1.165) is 154 Å². The van der Waals surface area contributed by atoms with Gasteiger partial charge in [-0.2, -0.15) is 0 Å². The van der Waals surface area contributed by atoms with E-state index in [0.29, 0.717) is 0 Å². The Morgan fingerprint density at radius 2 is 0.577 bits per heavy atom. The lowest BCUT2D eigenvalue weighted by atomic mass is 9.79. The molecule has 97 heavy (non-hydrogen) atoms. The van der Waals surface area contributed by atoms with Crippen molar-refractivity contribution < 1.29 is 28.7 Å². The normalized spacial score (nSPS) is 15.2. The topological polar surface area (TPSA) is 123 Å². The van der Waals surface area contributed by atoms with Crippen molar-refractivity contribution in [1.82, 2.24) is 16.0 Å². The van der Waals surface area contributed by atoms with E-state index in [1.165, 1.54) is 7.11 Å². The molecule has 9 heteroatoms. The molecule has 18 rings (SSSR count). The smallest absolute Gasteiger partial charge is 0.408 e. The van der Waals surface area contributed by atoms with Crippen molar-refractivity contribution in [3.8, 4) is 44.5 Å². The van der Waals surface area contributed by atoms with Gasteiger partial charge in [0.05, 0.1) is 7.11 Å². The molecule has 4 aliphatic carbocycles. The zero-order valence-corrected chi connectivity index (χ0v) is 53.4. The highest BCUT2D eigenvalue weighted by atomic mass is 16.5. The number of nitrogens with one attached hydrogen (secondary N) is 3. The van der Waals surface area contributed by atoms with E-state index >= 15 is 19.2 Å². The number of esters is 1. The Morgan fingerprint density at radius 1 is 0.320 bits per heavy atom. The Hall–Kier alpha value is -11.7. The van der Waals surface area contributed by atoms with Crippen LogP contribution in [0.3, 0.4) is 0 Å². The van der Waals surface area contributed by atoms with Gasteiger partial charge >= 0.3 is 12.1 Å². The van der Waals surface area contributed by atoms with Gasteiger partial charge in [0, 0.05) is 44.4 Å². The summed E-state index contributed by atoms with van der Waals surface area (Å²) in [5, 5.41) is 22.8. The van der Waals surface area contributed by atoms with Crippen molar-refractivity contribution in [1.29, 1.82) is 0 Å². The second kappa shape index (κ2) is 22.5. The fraction of sp³-hybridized carbons (Fsp3) is 0.136. The largest absolute Gasteiger partial charge is 0.467 e. The lowest BCUT2D eigenvalue weighted by Crippen LogP contribution is -2.72. The van der Waals surface area contributed by atoms with Gasteiger partial charge in [0.25, 0.3) is 0 Å². The number of fused-ring (bicyclic) bond motifs is 24. The van der Waals surface area contributed by atoms with Crippen LogP contribution in [0.25, 0.3) is 109 Å². The standard InChI is InChI=1S/C88H65N3O6/c1-96-84(94)88(50-63-44-38-57-22-6-12-28-69(57)80(63)81-64(51-88)45-39-58-23-7-13-29-70(58)81)90-82(92)86(46-59-40-34-53-18-2-8-24-65(53)76(59)77-60(47-86)41-35-54-19-3-9-25-66(54)77)89-83(93)87(91-85(95)97-52-75-73-32-16-14-30-71(73)72-31-15-17-33-74(72)75)48-61-42-36-55-20-4-10-26-67(55)78(61)79-62(49-87)43-37-56-21-5-11-27-68(56)79/h2-45,75H,46-52H2,1H3,(H,89,93)(H,90,92)(H,91,95). The van der Waals surface area contributed by atoms with Crippen LogP contribution in [0.5, 0.6) is 0 Å². The van der Waals surface area contributed by atoms with E-state index in [9.17, 15) is 0 Å². The van der Waals surface area contributed by atoms with Crippen molar-refractivity contribution >= 4 is 88.5 Å². The van der Waals surface area contributed by atoms with Crippen LogP contribution in [0.15, 0.2) is 267 Å². The summed E-state index contributed by atoms with van der Waals surface area (Å²) in [5.74, 6) is -2.08. The van der Waals surface area contributed by atoms with Crippen LogP contribution >= 0.6 is 0 Å². The number of methoxy groups -OCH3 is 1. The molecule has 468 valence electrons. The number of benzene rings is 14. The molecule has 0 aromatic heterocycles. The summed E-state index contributed by atoms with van der Waals surface area (Å²) < 4.78 is 12.5. The minimum absolute atomic E-state index is 0.00467. The van der Waals surface area contributed by atoms with Gasteiger partial charge < -0.3 is 25.4 Å². The summed E-state index contributed by atoms with van der Waals surface area (Å²) in [6.45, 7) is -0.00467. The van der Waals surface area contributed by atoms with Crippen molar-refractivity contribution in [2.45, 2.75) is 61.1 Å². The van der Waals surface area contributed by atoms with E-state index in [2.05, 4.69) is 186 Å². The Labute approximate surface area is 560 Å². The highest BCUT2D eigenvalue weighted by Gasteiger charge is 2.54. The molecule has 0 unspecified atom stereocenters. The first-order chi connectivity index (χ1) is 47.6. The molecule has 0 saturated carbocycles. The molecule has 0 spiro atoms. The minimum atomic E-state index is -1.89. The number of carbonyl (C=O) groups is 4. The van der Waals surface area contributed by atoms with Crippen molar-refractivity contribution in [2.24, 2.45) is 0 Å². The quantitative estimate of drug-likeness (QED) is 0.130. The predicted molar refractivity (Wildman–Crippen MR) is 388 cm³/mol. The molecule has 0 heterocycles. The number of hydrogen-bond donors (Lipinski definition) is 3. The number of carbonyl (C=O) groups excluding carboxylic acids is 4. The molecule has 0 atom stereocenters. The Morgan fingerprint density at radius 3 is 0.887 bits per heavy atom. The Kier molecular flexibility index (Phi) is 13.4. The van der Waals surface area contributed by atoms with Gasteiger partial charge in [0.15, 0.2) is 0 Å². The van der Waals surface area contributed by atoms with Crippen LogP contribution in [0.2, 0.25) is 0 Å². The molecule has 14 aromatic rings. The molecule has 0 radical (unpaired) electrons. The average Bonchev–Trinajstić information content (AvgIpc) is 1.63. The molecular formula is C88H65N3O6. The zero-order valence-electron chi connectivity index (χ0n) is 53.4. The van der Waals surface area contributed by atoms with Gasteiger partial charge in [0.2, 0.25) is 11.8 Å². The van der Waals surface area contributed by atoms with Crippen LogP contribution in [0, 0.1) is 0 Å². The van der Waals surface area contributed by atoms with E-state index in [1.807, 2.05) is 97.1 Å². The fourth-order valence-electron chi connectivity index (χ4n) is 17.3. The summed E-state index contributed by atoms with van der Waals surface area (Å²) in [5.41, 5.74) is 9.62. The third-order valence-corrected chi connectivity index (χ3v) is 21.6. The van der Waals surface area contributed by atoms with E-state index < -0.39 is 40.5 Å². The molecule has 0 aliphatic heterocycles. The first-order valence-electron chi connectivity index (χ1n) is 33.5. The average molecular weight is 1260 g/mol. The highest BCUT2D eigenvalue weighted by Crippen LogP contribution is 2.50. The minimum Gasteiger partial charge on any atom is -0.467 e. The Bertz CT molecular complexity index is 5400. The lowest BCUT2D eigenvalue weighted by Gasteiger charge is -2.41. The Balaban J connectivity index is 0.845. The van der Waals surface area contributed by atoms with Crippen molar-refractivity contribution in [3.05, 3.63) is 311 Å². The number of hydrogen-bond acceptors (Lipinski definition) is 6. The molecule has 14 aromatic carbocycles.